The zero-order valence-electron chi connectivity index (χ0n) is 12.2. The third-order valence-corrected chi connectivity index (χ3v) is 4.39. The van der Waals surface area contributed by atoms with Gasteiger partial charge in [-0.3, -0.25) is 0 Å². The molecule has 0 aromatic heterocycles. The van der Waals surface area contributed by atoms with Crippen LogP contribution in [0.1, 0.15) is 45.3 Å². The van der Waals surface area contributed by atoms with Crippen LogP contribution in [-0.4, -0.2) is 37.2 Å². The van der Waals surface area contributed by atoms with Crippen LogP contribution in [0.2, 0.25) is 0 Å². The number of hydrogen-bond acceptors (Lipinski definition) is 2. The number of carbonyl (C=O) groups is 1. The van der Waals surface area contributed by atoms with Crippen molar-refractivity contribution in [2.24, 2.45) is 5.92 Å². The van der Waals surface area contributed by atoms with Crippen molar-refractivity contribution in [1.29, 1.82) is 0 Å². The number of rotatable bonds is 4. The summed E-state index contributed by atoms with van der Waals surface area (Å²) < 4.78 is 6.48. The van der Waals surface area contributed by atoms with Crippen molar-refractivity contribution in [2.45, 2.75) is 45.8 Å². The molecule has 0 saturated carbocycles. The van der Waals surface area contributed by atoms with Crippen LogP contribution in [0.15, 0.2) is 30.3 Å². The first-order valence-corrected chi connectivity index (χ1v) is 8.00. The molecule has 4 heteroatoms. The van der Waals surface area contributed by atoms with Gasteiger partial charge < -0.3 is 0 Å². The standard InChI is InChI=1S/C16H21NO2Se/c1-4-8-11(2)15(18)17-12(3)14(19-16(17)20)13-9-6-5-7-10-13/h5-7,9-12,14H,4,8H2,1-3H3/t11?,12-,14-/m0/s1. The van der Waals surface area contributed by atoms with Gasteiger partial charge in [-0.15, -0.1) is 0 Å². The van der Waals surface area contributed by atoms with Crippen LogP contribution in [0.25, 0.3) is 0 Å². The number of benzene rings is 1. The molecule has 1 saturated heterocycles. The molecule has 0 radical (unpaired) electrons. The molecule has 108 valence electrons. The first-order chi connectivity index (χ1) is 9.56. The SMILES string of the molecule is CCCC(C)C(=O)N1C(=[Se])O[C@H](c2ccccc2)[C@@H]1C. The molecule has 1 aromatic rings. The predicted octanol–water partition coefficient (Wildman–Crippen LogP) is 2.67. The Bertz CT molecular complexity index is 489. The normalized spacial score (nSPS) is 23.6. The summed E-state index contributed by atoms with van der Waals surface area (Å²) in [7, 11) is 0. The first kappa shape index (κ1) is 15.3. The predicted molar refractivity (Wildman–Crippen MR) is 81.4 cm³/mol. The number of amides is 1. The van der Waals surface area contributed by atoms with E-state index in [0.717, 1.165) is 18.4 Å². The van der Waals surface area contributed by atoms with Crippen molar-refractivity contribution in [2.75, 3.05) is 0 Å². The Kier molecular flexibility index (Phi) is 5.00. The summed E-state index contributed by atoms with van der Waals surface area (Å²) >= 11 is 2.90. The van der Waals surface area contributed by atoms with Gasteiger partial charge in [0.2, 0.25) is 0 Å². The van der Waals surface area contributed by atoms with Crippen molar-refractivity contribution in [3.63, 3.8) is 0 Å². The molecule has 1 aliphatic heterocycles. The Morgan fingerprint density at radius 2 is 2.05 bits per heavy atom. The Hall–Kier alpha value is -1.12. The third kappa shape index (κ3) is 2.97. The van der Waals surface area contributed by atoms with Gasteiger partial charge in [0.05, 0.1) is 0 Å². The minimum atomic E-state index is -0.0924. The van der Waals surface area contributed by atoms with E-state index in [9.17, 15) is 4.79 Å². The summed E-state index contributed by atoms with van der Waals surface area (Å²) in [6.07, 6.45) is 1.83. The zero-order chi connectivity index (χ0) is 14.7. The quantitative estimate of drug-likeness (QED) is 0.790. The van der Waals surface area contributed by atoms with Crippen molar-refractivity contribution in [3.05, 3.63) is 35.9 Å². The third-order valence-electron chi connectivity index (χ3n) is 3.78. The van der Waals surface area contributed by atoms with E-state index < -0.39 is 0 Å². The van der Waals surface area contributed by atoms with E-state index in [1.807, 2.05) is 44.2 Å². The fourth-order valence-electron chi connectivity index (χ4n) is 2.64. The van der Waals surface area contributed by atoms with E-state index in [2.05, 4.69) is 22.5 Å². The maximum atomic E-state index is 12.5. The van der Waals surface area contributed by atoms with Gasteiger partial charge in [-0.2, -0.15) is 0 Å². The monoisotopic (exact) mass is 339 g/mol. The molecular formula is C16H21NO2Se. The van der Waals surface area contributed by atoms with Gasteiger partial charge in [-0.05, 0) is 0 Å². The average molecular weight is 338 g/mol. The van der Waals surface area contributed by atoms with E-state index in [4.69, 9.17) is 4.74 Å². The van der Waals surface area contributed by atoms with E-state index >= 15 is 0 Å². The Balaban J connectivity index is 2.17. The molecule has 1 heterocycles. The molecule has 3 nitrogen and oxygen atoms in total. The Morgan fingerprint density at radius 1 is 1.40 bits per heavy atom. The minimum absolute atomic E-state index is 0.0143. The average Bonchev–Trinajstić information content (AvgIpc) is 2.74. The second-order valence-corrected chi connectivity index (χ2v) is 6.09. The van der Waals surface area contributed by atoms with Gasteiger partial charge in [0.15, 0.2) is 0 Å². The zero-order valence-corrected chi connectivity index (χ0v) is 13.9. The number of ether oxygens (including phenoxy) is 1. The second kappa shape index (κ2) is 6.55. The summed E-state index contributed by atoms with van der Waals surface area (Å²) in [5.74, 6) is 0.176. The van der Waals surface area contributed by atoms with E-state index in [1.165, 1.54) is 0 Å². The summed E-state index contributed by atoms with van der Waals surface area (Å²) in [6, 6.07) is 10.1. The topological polar surface area (TPSA) is 29.5 Å². The molecule has 20 heavy (non-hydrogen) atoms. The maximum absolute atomic E-state index is 12.5. The molecule has 0 spiro atoms. The molecule has 1 unspecified atom stereocenters. The van der Waals surface area contributed by atoms with Crippen molar-refractivity contribution in [3.8, 4) is 0 Å². The second-order valence-electron chi connectivity index (χ2n) is 5.35. The molecule has 0 N–H and O–H groups in total. The van der Waals surface area contributed by atoms with E-state index in [1.54, 1.807) is 4.90 Å². The van der Waals surface area contributed by atoms with Crippen LogP contribution in [0.3, 0.4) is 0 Å². The van der Waals surface area contributed by atoms with Gasteiger partial charge in [-0.25, -0.2) is 0 Å². The number of nitrogens with zero attached hydrogens (tertiary/aromatic N) is 1. The van der Waals surface area contributed by atoms with Gasteiger partial charge in [0.1, 0.15) is 0 Å². The Labute approximate surface area is 128 Å². The van der Waals surface area contributed by atoms with Gasteiger partial charge in [0, 0.05) is 0 Å². The number of carbonyl (C=O) groups excluding carboxylic acids is 1. The summed E-state index contributed by atoms with van der Waals surface area (Å²) in [4.78, 5) is 14.3. The van der Waals surface area contributed by atoms with Gasteiger partial charge in [-0.1, -0.05) is 0 Å². The van der Waals surface area contributed by atoms with Crippen molar-refractivity contribution >= 4 is 26.2 Å². The molecule has 0 bridgehead atoms. The fourth-order valence-corrected chi connectivity index (χ4v) is 3.39. The molecule has 1 aliphatic rings. The van der Waals surface area contributed by atoms with Gasteiger partial charge in [0.25, 0.3) is 0 Å². The van der Waals surface area contributed by atoms with Crippen molar-refractivity contribution in [1.82, 2.24) is 4.90 Å². The van der Waals surface area contributed by atoms with Crippen LogP contribution in [-0.2, 0) is 9.53 Å². The van der Waals surface area contributed by atoms with Crippen LogP contribution in [0.5, 0.6) is 0 Å². The molecular weight excluding hydrogens is 317 g/mol. The molecule has 0 aliphatic carbocycles. The Morgan fingerprint density at radius 3 is 2.65 bits per heavy atom. The molecule has 1 fully saturated rings. The summed E-state index contributed by atoms with van der Waals surface area (Å²) in [5.41, 5.74) is 1.10. The summed E-state index contributed by atoms with van der Waals surface area (Å²) in [6.45, 7) is 6.13. The van der Waals surface area contributed by atoms with Gasteiger partial charge >= 0.3 is 128 Å². The fraction of sp³-hybridized carbons (Fsp3) is 0.500. The van der Waals surface area contributed by atoms with E-state index in [-0.39, 0.29) is 24.0 Å². The van der Waals surface area contributed by atoms with Crippen LogP contribution < -0.4 is 0 Å². The molecule has 1 aromatic carbocycles. The number of hydrogen-bond donors (Lipinski definition) is 0. The molecule has 1 amide bonds. The van der Waals surface area contributed by atoms with Crippen molar-refractivity contribution < 1.29 is 9.53 Å². The van der Waals surface area contributed by atoms with Crippen LogP contribution >= 0.6 is 0 Å². The first-order valence-electron chi connectivity index (χ1n) is 7.14. The molecule has 2 rings (SSSR count). The van der Waals surface area contributed by atoms with E-state index in [0.29, 0.717) is 4.73 Å². The summed E-state index contributed by atoms with van der Waals surface area (Å²) in [5, 5.41) is 0. The van der Waals surface area contributed by atoms with Crippen LogP contribution in [0.4, 0.5) is 0 Å². The molecule has 3 atom stereocenters. The van der Waals surface area contributed by atoms with Crippen LogP contribution in [0, 0.1) is 5.92 Å².